The van der Waals surface area contributed by atoms with Gasteiger partial charge in [-0.1, -0.05) is 0 Å². The maximum atomic E-state index is 12.6. The maximum Gasteiger partial charge on any atom is 0.416 e. The zero-order valence-electron chi connectivity index (χ0n) is 13.7. The van der Waals surface area contributed by atoms with Gasteiger partial charge in [0, 0.05) is 26.2 Å². The predicted octanol–water partition coefficient (Wildman–Crippen LogP) is 3.10. The highest BCUT2D eigenvalue weighted by Gasteiger charge is 2.33. The van der Waals surface area contributed by atoms with Crippen molar-refractivity contribution in [1.82, 2.24) is 9.21 Å². The summed E-state index contributed by atoms with van der Waals surface area (Å²) in [5.41, 5.74) is -0.922. The molecule has 0 N–H and O–H groups in total. The van der Waals surface area contributed by atoms with Crippen molar-refractivity contribution in [2.75, 3.05) is 26.2 Å². The molecule has 0 unspecified atom stereocenters. The molecule has 1 aliphatic heterocycles. The third-order valence-electron chi connectivity index (χ3n) is 4.13. The molecule has 0 atom stereocenters. The van der Waals surface area contributed by atoms with E-state index in [1.807, 2.05) is 0 Å². The Bertz CT molecular complexity index is 933. The standard InChI is InChI=1S/C16H14ClF3N2O4S/c17-14-6-5-13(26-14)15(23)21-7-9-22(10-8-21)27(24,25)12-3-1-11(2-4-12)16(18,19)20/h1-6H,7-10H2. The average Bonchev–Trinajstić information content (AvgIpc) is 3.07. The predicted molar refractivity (Wildman–Crippen MR) is 89.8 cm³/mol. The number of carbonyl (C=O) groups excluding carboxylic acids is 1. The van der Waals surface area contributed by atoms with E-state index in [0.717, 1.165) is 28.6 Å². The number of hydrogen-bond donors (Lipinski definition) is 0. The largest absolute Gasteiger partial charge is 0.440 e. The van der Waals surface area contributed by atoms with Gasteiger partial charge in [-0.2, -0.15) is 17.5 Å². The molecule has 0 aliphatic carbocycles. The molecular weight excluding hydrogens is 409 g/mol. The van der Waals surface area contributed by atoms with E-state index in [4.69, 9.17) is 16.0 Å². The Kier molecular flexibility index (Phi) is 5.24. The first-order valence-corrected chi connectivity index (χ1v) is 9.63. The SMILES string of the molecule is O=C(c1ccc(Cl)o1)N1CCN(S(=O)(=O)c2ccc(C(F)(F)F)cc2)CC1. The van der Waals surface area contributed by atoms with E-state index in [0.29, 0.717) is 0 Å². The van der Waals surface area contributed by atoms with Crippen molar-refractivity contribution in [1.29, 1.82) is 0 Å². The lowest BCUT2D eigenvalue weighted by Crippen LogP contribution is -2.50. The maximum absolute atomic E-state index is 12.6. The smallest absolute Gasteiger partial charge is 0.416 e. The molecule has 0 spiro atoms. The minimum Gasteiger partial charge on any atom is -0.440 e. The highest BCUT2D eigenvalue weighted by atomic mass is 35.5. The van der Waals surface area contributed by atoms with Crippen LogP contribution in [0.4, 0.5) is 13.2 Å². The van der Waals surface area contributed by atoms with E-state index in [1.165, 1.54) is 17.0 Å². The third-order valence-corrected chi connectivity index (χ3v) is 6.25. The van der Waals surface area contributed by atoms with Crippen LogP contribution in [0, 0.1) is 0 Å². The van der Waals surface area contributed by atoms with Gasteiger partial charge in [0.25, 0.3) is 5.91 Å². The molecule has 0 saturated carbocycles. The number of nitrogens with zero attached hydrogens (tertiary/aromatic N) is 2. The Balaban J connectivity index is 1.68. The van der Waals surface area contributed by atoms with Gasteiger partial charge in [0.05, 0.1) is 10.5 Å². The molecule has 11 heteroatoms. The summed E-state index contributed by atoms with van der Waals surface area (Å²) in [5, 5.41) is 0.0712. The fourth-order valence-corrected chi connectivity index (χ4v) is 4.25. The quantitative estimate of drug-likeness (QED) is 0.762. The van der Waals surface area contributed by atoms with Gasteiger partial charge in [-0.3, -0.25) is 4.79 Å². The number of amides is 1. The summed E-state index contributed by atoms with van der Waals surface area (Å²) in [4.78, 5) is 13.5. The van der Waals surface area contributed by atoms with Crippen LogP contribution in [0.3, 0.4) is 0 Å². The van der Waals surface area contributed by atoms with Crippen molar-refractivity contribution in [3.05, 3.63) is 52.9 Å². The van der Waals surface area contributed by atoms with Gasteiger partial charge in [-0.25, -0.2) is 8.42 Å². The van der Waals surface area contributed by atoms with Gasteiger partial charge in [-0.05, 0) is 48.0 Å². The molecule has 1 aliphatic rings. The zero-order chi connectivity index (χ0) is 19.8. The number of sulfonamides is 1. The Labute approximate surface area is 158 Å². The molecule has 1 saturated heterocycles. The molecule has 1 fully saturated rings. The van der Waals surface area contributed by atoms with Crippen molar-refractivity contribution >= 4 is 27.5 Å². The first-order valence-electron chi connectivity index (χ1n) is 7.81. The highest BCUT2D eigenvalue weighted by Crippen LogP contribution is 2.30. The number of halogens is 4. The molecule has 0 radical (unpaired) electrons. The lowest BCUT2D eigenvalue weighted by molar-refractivity contribution is -0.137. The van der Waals surface area contributed by atoms with Crippen LogP contribution in [0.2, 0.25) is 5.22 Å². The monoisotopic (exact) mass is 422 g/mol. The number of hydrogen-bond acceptors (Lipinski definition) is 4. The molecule has 1 aromatic carbocycles. The first-order chi connectivity index (χ1) is 12.6. The molecule has 146 valence electrons. The fourth-order valence-electron chi connectivity index (χ4n) is 2.68. The van der Waals surface area contributed by atoms with Crippen molar-refractivity contribution < 1.29 is 30.8 Å². The molecule has 0 bridgehead atoms. The van der Waals surface area contributed by atoms with Crippen LogP contribution in [0.5, 0.6) is 0 Å². The van der Waals surface area contributed by atoms with Crippen molar-refractivity contribution in [3.63, 3.8) is 0 Å². The van der Waals surface area contributed by atoms with Crippen molar-refractivity contribution in [3.8, 4) is 0 Å². The van der Waals surface area contributed by atoms with Crippen LogP contribution in [0.1, 0.15) is 16.1 Å². The molecule has 1 aromatic heterocycles. The minimum atomic E-state index is -4.54. The normalized spacial score (nSPS) is 16.5. The van der Waals surface area contributed by atoms with Crippen molar-refractivity contribution in [2.24, 2.45) is 0 Å². The van der Waals surface area contributed by atoms with Gasteiger partial charge in [0.2, 0.25) is 10.0 Å². The molecule has 27 heavy (non-hydrogen) atoms. The number of carbonyl (C=O) groups is 1. The zero-order valence-corrected chi connectivity index (χ0v) is 15.3. The van der Waals surface area contributed by atoms with Gasteiger partial charge in [-0.15, -0.1) is 0 Å². The average molecular weight is 423 g/mol. The lowest BCUT2D eigenvalue weighted by atomic mass is 10.2. The Hall–Kier alpha value is -2.04. The topological polar surface area (TPSA) is 70.8 Å². The summed E-state index contributed by atoms with van der Waals surface area (Å²) in [6, 6.07) is 6.18. The second kappa shape index (κ2) is 7.17. The van der Waals surface area contributed by atoms with E-state index in [1.54, 1.807) is 0 Å². The Morgan fingerprint density at radius 2 is 1.59 bits per heavy atom. The molecule has 6 nitrogen and oxygen atoms in total. The molecule has 1 amide bonds. The fraction of sp³-hybridized carbons (Fsp3) is 0.312. The van der Waals surface area contributed by atoms with E-state index < -0.39 is 27.7 Å². The van der Waals surface area contributed by atoms with Crippen LogP contribution in [0.25, 0.3) is 0 Å². The lowest BCUT2D eigenvalue weighted by Gasteiger charge is -2.33. The van der Waals surface area contributed by atoms with Gasteiger partial charge >= 0.3 is 6.18 Å². The van der Waals surface area contributed by atoms with Crippen LogP contribution in [0.15, 0.2) is 45.7 Å². The summed E-state index contributed by atoms with van der Waals surface area (Å²) < 4.78 is 69.2. The number of rotatable bonds is 3. The van der Waals surface area contributed by atoms with E-state index >= 15 is 0 Å². The van der Waals surface area contributed by atoms with Crippen LogP contribution >= 0.6 is 11.6 Å². The van der Waals surface area contributed by atoms with E-state index in [2.05, 4.69) is 0 Å². The van der Waals surface area contributed by atoms with E-state index in [-0.39, 0.29) is 42.1 Å². The summed E-state index contributed by atoms with van der Waals surface area (Å²) in [7, 11) is -3.95. The molecular formula is C16H14ClF3N2O4S. The van der Waals surface area contributed by atoms with Gasteiger partial charge in [0.1, 0.15) is 0 Å². The number of benzene rings is 1. The minimum absolute atomic E-state index is 0.0174. The third kappa shape index (κ3) is 4.12. The first kappa shape index (κ1) is 19.7. The second-order valence-corrected chi connectivity index (χ2v) is 8.13. The number of furan rings is 1. The van der Waals surface area contributed by atoms with Crippen LogP contribution in [-0.4, -0.2) is 49.7 Å². The van der Waals surface area contributed by atoms with Gasteiger partial charge in [0.15, 0.2) is 11.0 Å². The summed E-state index contributed by atoms with van der Waals surface area (Å²) in [5.74, 6) is -0.354. The van der Waals surface area contributed by atoms with Crippen LogP contribution in [-0.2, 0) is 16.2 Å². The second-order valence-electron chi connectivity index (χ2n) is 5.82. The Morgan fingerprint density at radius 3 is 2.07 bits per heavy atom. The summed E-state index contributed by atoms with van der Waals surface area (Å²) in [6.07, 6.45) is -4.54. The molecule has 3 rings (SSSR count). The van der Waals surface area contributed by atoms with Crippen LogP contribution < -0.4 is 0 Å². The number of alkyl halides is 3. The highest BCUT2D eigenvalue weighted by molar-refractivity contribution is 7.89. The summed E-state index contributed by atoms with van der Waals surface area (Å²) in [6.45, 7) is 0.279. The van der Waals surface area contributed by atoms with Gasteiger partial charge < -0.3 is 9.32 Å². The van der Waals surface area contributed by atoms with E-state index in [9.17, 15) is 26.4 Å². The Morgan fingerprint density at radius 1 is 1.00 bits per heavy atom. The van der Waals surface area contributed by atoms with Crippen molar-refractivity contribution in [2.45, 2.75) is 11.1 Å². The molecule has 2 heterocycles. The molecule has 2 aromatic rings. The summed E-state index contributed by atoms with van der Waals surface area (Å²) >= 11 is 5.64. The number of piperazine rings is 1.